The van der Waals surface area contributed by atoms with Crippen molar-refractivity contribution >= 4 is 74.4 Å². The van der Waals surface area contributed by atoms with Crippen LogP contribution in [0.25, 0.3) is 0 Å². The fourth-order valence-corrected chi connectivity index (χ4v) is 9.95. The smallest absolute Gasteiger partial charge is 0.108 e. The lowest BCUT2D eigenvalue weighted by Gasteiger charge is -2.45. The second kappa shape index (κ2) is 22.9. The first-order valence-electron chi connectivity index (χ1n) is 22.5. The third kappa shape index (κ3) is 13.1. The maximum absolute atomic E-state index is 7.34. The van der Waals surface area contributed by atoms with E-state index in [1.165, 1.54) is 108 Å². The summed E-state index contributed by atoms with van der Waals surface area (Å²) in [5.41, 5.74) is 11.1. The topological polar surface area (TPSA) is 0 Å². The molecule has 0 radical (unpaired) electrons. The SMILES string of the molecule is CCCCCCCCCCCCCCCC[N+](C)(C)Cc1cccc(Cc2ccc([B-](c3ccc(C)c(Cl)c3)(c3ccc(C)c(Cl)c3)c3ccc(C)c(Cl)c3)cc2Cl)c1. The maximum Gasteiger partial charge on any atom is 0.108 e. The number of hydrogen-bond acceptors (Lipinski definition) is 0. The van der Waals surface area contributed by atoms with Crippen molar-refractivity contribution in [2.24, 2.45) is 0 Å². The first kappa shape index (κ1) is 47.3. The lowest BCUT2D eigenvalue weighted by atomic mass is 9.13. The number of nitrogens with zero attached hydrogens (tertiary/aromatic N) is 1. The van der Waals surface area contributed by atoms with E-state index in [1.807, 2.05) is 20.8 Å². The number of hydrogen-bond donors (Lipinski definition) is 0. The van der Waals surface area contributed by atoms with Gasteiger partial charge in [0.1, 0.15) is 12.7 Å². The van der Waals surface area contributed by atoms with Gasteiger partial charge in [-0.25, -0.2) is 0 Å². The van der Waals surface area contributed by atoms with Gasteiger partial charge in [-0.1, -0.05) is 221 Å². The van der Waals surface area contributed by atoms with Crippen molar-refractivity contribution in [2.75, 3.05) is 20.6 Å². The molecule has 0 fully saturated rings. The van der Waals surface area contributed by atoms with E-state index < -0.39 is 6.15 Å². The van der Waals surface area contributed by atoms with Crippen LogP contribution in [0.3, 0.4) is 0 Å². The molecule has 0 unspecified atom stereocenters. The van der Waals surface area contributed by atoms with Gasteiger partial charge >= 0.3 is 0 Å². The number of quaternary nitrogens is 1. The van der Waals surface area contributed by atoms with Gasteiger partial charge in [-0.15, -0.1) is 0 Å². The molecule has 5 aromatic rings. The maximum atomic E-state index is 7.34. The van der Waals surface area contributed by atoms with E-state index in [-0.39, 0.29) is 0 Å². The minimum atomic E-state index is -1.80. The molecule has 0 aliphatic rings. The predicted molar refractivity (Wildman–Crippen MR) is 265 cm³/mol. The van der Waals surface area contributed by atoms with E-state index in [9.17, 15) is 0 Å². The van der Waals surface area contributed by atoms with Gasteiger partial charge in [-0.2, -0.15) is 21.9 Å². The van der Waals surface area contributed by atoms with Crippen LogP contribution in [0.4, 0.5) is 0 Å². The molecule has 0 bridgehead atoms. The number of halogens is 4. The highest BCUT2D eigenvalue weighted by molar-refractivity contribution is 7.20. The second-order valence-electron chi connectivity index (χ2n) is 18.2. The van der Waals surface area contributed by atoms with Gasteiger partial charge in [0.2, 0.25) is 0 Å². The van der Waals surface area contributed by atoms with Gasteiger partial charge < -0.3 is 4.48 Å². The summed E-state index contributed by atoms with van der Waals surface area (Å²) >= 11 is 28.0. The van der Waals surface area contributed by atoms with Crippen LogP contribution >= 0.6 is 46.4 Å². The number of aryl methyl sites for hydroxylation is 3. The molecular formula is C53H68BCl4N. The van der Waals surface area contributed by atoms with E-state index in [0.717, 1.165) is 66.6 Å². The summed E-state index contributed by atoms with van der Waals surface area (Å²) in [6, 6.07) is 34.9. The van der Waals surface area contributed by atoms with Crippen molar-refractivity contribution in [3.63, 3.8) is 0 Å². The predicted octanol–water partition coefficient (Wildman–Crippen LogP) is 14.3. The highest BCUT2D eigenvalue weighted by Crippen LogP contribution is 2.25. The normalized spacial score (nSPS) is 12.0. The van der Waals surface area contributed by atoms with Crippen molar-refractivity contribution in [2.45, 2.75) is 131 Å². The third-order valence-electron chi connectivity index (χ3n) is 12.8. The largest absolute Gasteiger partial charge is 0.325 e. The molecule has 6 heteroatoms. The lowest BCUT2D eigenvalue weighted by Crippen LogP contribution is -2.74. The van der Waals surface area contributed by atoms with Crippen molar-refractivity contribution in [3.05, 3.63) is 151 Å². The zero-order valence-electron chi connectivity index (χ0n) is 36.8. The monoisotopic (exact) mass is 869 g/mol. The summed E-state index contributed by atoms with van der Waals surface area (Å²) in [7, 11) is 4.75. The van der Waals surface area contributed by atoms with Gasteiger partial charge in [0.15, 0.2) is 0 Å². The van der Waals surface area contributed by atoms with Crippen LogP contribution < -0.4 is 21.9 Å². The number of benzene rings is 5. The minimum absolute atomic E-state index is 0.717. The average Bonchev–Trinajstić information content (AvgIpc) is 3.20. The van der Waals surface area contributed by atoms with Crippen molar-refractivity contribution < 1.29 is 4.48 Å². The standard InChI is InChI=1S/C53H68BCl4N/c1-7-8-9-10-11-12-13-14-15-16-17-18-19-20-32-59(5,6)39-44-23-21-22-43(33-44)34-45-27-31-49(38-53(45)58)54(46-28-24-40(2)50(55)35-46,47-29-25-41(3)51(56)36-47)48-30-26-42(4)52(57)37-48/h21-31,33,35-38H,7-20,32,34,39H2,1-6H3. The first-order valence-corrected chi connectivity index (χ1v) is 24.0. The molecule has 5 rings (SSSR count). The van der Waals surface area contributed by atoms with Crippen LogP contribution in [0.5, 0.6) is 0 Å². The molecule has 59 heavy (non-hydrogen) atoms. The van der Waals surface area contributed by atoms with Gasteiger partial charge in [-0.05, 0) is 73.9 Å². The highest BCUT2D eigenvalue weighted by atomic mass is 35.5. The molecule has 0 aliphatic carbocycles. The van der Waals surface area contributed by atoms with E-state index in [0.29, 0.717) is 15.1 Å². The van der Waals surface area contributed by atoms with Crippen molar-refractivity contribution in [1.82, 2.24) is 0 Å². The highest BCUT2D eigenvalue weighted by Gasteiger charge is 2.33. The number of rotatable bonds is 23. The van der Waals surface area contributed by atoms with E-state index >= 15 is 0 Å². The first-order chi connectivity index (χ1) is 28.3. The van der Waals surface area contributed by atoms with Crippen LogP contribution in [0.1, 0.15) is 130 Å². The minimum Gasteiger partial charge on any atom is -0.325 e. The summed E-state index contributed by atoms with van der Waals surface area (Å²) in [6.07, 6.45) is 18.5. The van der Waals surface area contributed by atoms with Gasteiger partial charge in [0.25, 0.3) is 0 Å². The Bertz CT molecular complexity index is 1980. The molecule has 0 heterocycles. The van der Waals surface area contributed by atoms with Crippen LogP contribution in [-0.2, 0) is 13.0 Å². The molecule has 0 aliphatic heterocycles. The van der Waals surface area contributed by atoms with Gasteiger partial charge in [-0.3, -0.25) is 0 Å². The van der Waals surface area contributed by atoms with E-state index in [4.69, 9.17) is 46.4 Å². The molecule has 1 nitrogen and oxygen atoms in total. The summed E-state index contributed by atoms with van der Waals surface area (Å²) in [4.78, 5) is 0. The fraction of sp³-hybridized carbons (Fsp3) is 0.434. The Morgan fingerprint density at radius 2 is 0.831 bits per heavy atom. The molecule has 316 valence electrons. The Balaban J connectivity index is 1.28. The molecule has 5 aromatic carbocycles. The Kier molecular flexibility index (Phi) is 18.4. The van der Waals surface area contributed by atoms with Crippen LogP contribution in [0.15, 0.2) is 97.1 Å². The average molecular weight is 872 g/mol. The van der Waals surface area contributed by atoms with E-state index in [1.54, 1.807) is 0 Å². The Labute approximate surface area is 378 Å². The van der Waals surface area contributed by atoms with Crippen molar-refractivity contribution in [1.29, 1.82) is 0 Å². The van der Waals surface area contributed by atoms with Crippen LogP contribution in [0, 0.1) is 20.8 Å². The molecule has 0 N–H and O–H groups in total. The molecular weight excluding hydrogens is 803 g/mol. The molecule has 0 saturated heterocycles. The number of unbranched alkanes of at least 4 members (excludes halogenated alkanes) is 13. The summed E-state index contributed by atoms with van der Waals surface area (Å²) < 4.78 is 0.996. The van der Waals surface area contributed by atoms with Crippen LogP contribution in [0.2, 0.25) is 20.1 Å². The molecule has 0 aromatic heterocycles. The molecule has 0 atom stereocenters. The molecule has 0 saturated carbocycles. The van der Waals surface area contributed by atoms with Gasteiger partial charge in [0, 0.05) is 25.7 Å². The summed E-state index contributed by atoms with van der Waals surface area (Å²) in [5, 5.41) is 2.89. The van der Waals surface area contributed by atoms with Gasteiger partial charge in [0.05, 0.1) is 20.6 Å². The molecule has 0 spiro atoms. The molecule has 0 amide bonds. The Morgan fingerprint density at radius 3 is 1.25 bits per heavy atom. The third-order valence-corrected chi connectivity index (χ3v) is 14.4. The van der Waals surface area contributed by atoms with E-state index in [2.05, 4.69) is 118 Å². The Hall–Kier alpha value is -2.72. The summed E-state index contributed by atoms with van der Waals surface area (Å²) in [5.74, 6) is 0. The quantitative estimate of drug-likeness (QED) is 0.0349. The van der Waals surface area contributed by atoms with Crippen LogP contribution in [-0.4, -0.2) is 31.3 Å². The lowest BCUT2D eigenvalue weighted by molar-refractivity contribution is -0.903. The summed E-state index contributed by atoms with van der Waals surface area (Å²) in [6.45, 7) is 10.6. The Morgan fingerprint density at radius 1 is 0.441 bits per heavy atom. The fourth-order valence-electron chi connectivity index (χ4n) is 9.13. The second-order valence-corrected chi connectivity index (χ2v) is 19.8. The zero-order chi connectivity index (χ0) is 42.4. The van der Waals surface area contributed by atoms with Crippen molar-refractivity contribution in [3.8, 4) is 0 Å². The zero-order valence-corrected chi connectivity index (χ0v) is 39.8.